The Hall–Kier alpha value is -2.09. The minimum Gasteiger partial charge on any atom is -0.508 e. The van der Waals surface area contributed by atoms with Gasteiger partial charge in [-0.15, -0.1) is 0 Å². The summed E-state index contributed by atoms with van der Waals surface area (Å²) < 4.78 is 28.0. The van der Waals surface area contributed by atoms with E-state index in [0.29, 0.717) is 13.0 Å². The zero-order valence-corrected chi connectivity index (χ0v) is 13.6. The van der Waals surface area contributed by atoms with Crippen molar-refractivity contribution >= 4 is 21.7 Å². The molecule has 1 saturated heterocycles. The maximum Gasteiger partial charge on any atom is 0.338 e. The molecule has 1 aromatic carbocycles. The van der Waals surface area contributed by atoms with Gasteiger partial charge >= 0.3 is 5.97 Å². The first-order chi connectivity index (χ1) is 10.8. The summed E-state index contributed by atoms with van der Waals surface area (Å²) in [4.78, 5) is 25.4. The van der Waals surface area contributed by atoms with Gasteiger partial charge in [0.15, 0.2) is 16.4 Å². The van der Waals surface area contributed by atoms with Gasteiger partial charge in [-0.2, -0.15) is 0 Å². The smallest absolute Gasteiger partial charge is 0.338 e. The number of amides is 1. The molecule has 1 atom stereocenters. The van der Waals surface area contributed by atoms with Crippen LogP contribution in [0.5, 0.6) is 5.75 Å². The van der Waals surface area contributed by atoms with Crippen LogP contribution in [0.15, 0.2) is 24.3 Å². The van der Waals surface area contributed by atoms with Crippen molar-refractivity contribution in [1.82, 2.24) is 4.90 Å². The second kappa shape index (κ2) is 6.99. The molecule has 1 fully saturated rings. The molecule has 2 rings (SSSR count). The van der Waals surface area contributed by atoms with E-state index in [9.17, 15) is 18.0 Å². The van der Waals surface area contributed by atoms with Gasteiger partial charge in [0.05, 0.1) is 17.1 Å². The number of hydrogen-bond donors (Lipinski definition) is 1. The van der Waals surface area contributed by atoms with Gasteiger partial charge in [0.1, 0.15) is 5.75 Å². The highest BCUT2D eigenvalue weighted by atomic mass is 32.2. The lowest BCUT2D eigenvalue weighted by Gasteiger charge is -2.26. The molecule has 126 valence electrons. The maximum atomic E-state index is 12.2. The Bertz CT molecular complexity index is 682. The number of ether oxygens (including phenoxy) is 1. The number of sulfone groups is 1. The third-order valence-electron chi connectivity index (χ3n) is 3.74. The van der Waals surface area contributed by atoms with E-state index in [1.165, 1.54) is 29.2 Å². The van der Waals surface area contributed by atoms with Gasteiger partial charge in [-0.05, 0) is 37.6 Å². The van der Waals surface area contributed by atoms with Crippen LogP contribution >= 0.6 is 0 Å². The monoisotopic (exact) mass is 341 g/mol. The zero-order valence-electron chi connectivity index (χ0n) is 12.8. The molecule has 0 aliphatic carbocycles. The molecule has 1 N–H and O–H groups in total. The number of phenols is 1. The normalized spacial score (nSPS) is 19.3. The second-order valence-electron chi connectivity index (χ2n) is 5.36. The summed E-state index contributed by atoms with van der Waals surface area (Å²) in [6.45, 7) is 1.67. The molecular weight excluding hydrogens is 322 g/mol. The van der Waals surface area contributed by atoms with E-state index in [4.69, 9.17) is 9.84 Å². The second-order valence-corrected chi connectivity index (χ2v) is 7.59. The number of nitrogens with zero attached hydrogens (tertiary/aromatic N) is 1. The largest absolute Gasteiger partial charge is 0.508 e. The molecule has 7 nitrogen and oxygen atoms in total. The molecule has 0 spiro atoms. The van der Waals surface area contributed by atoms with Crippen molar-refractivity contribution in [3.05, 3.63) is 29.8 Å². The minimum absolute atomic E-state index is 0.0252. The number of carbonyl (C=O) groups is 2. The van der Waals surface area contributed by atoms with Crippen molar-refractivity contribution in [3.8, 4) is 5.75 Å². The zero-order chi connectivity index (χ0) is 17.0. The van der Waals surface area contributed by atoms with Gasteiger partial charge in [0.2, 0.25) is 0 Å². The number of carbonyl (C=O) groups excluding carboxylic acids is 2. The Morgan fingerprint density at radius 1 is 1.30 bits per heavy atom. The third kappa shape index (κ3) is 4.44. The molecule has 1 amide bonds. The number of likely N-dealkylation sites (N-methyl/N-ethyl adjacent to an activating group) is 1. The minimum atomic E-state index is -3.09. The van der Waals surface area contributed by atoms with Crippen LogP contribution in [0, 0.1) is 0 Å². The lowest BCUT2D eigenvalue weighted by atomic mass is 10.2. The molecule has 1 aliphatic rings. The summed E-state index contributed by atoms with van der Waals surface area (Å²) in [6, 6.07) is 5.12. The predicted molar refractivity (Wildman–Crippen MR) is 82.8 cm³/mol. The van der Waals surface area contributed by atoms with Gasteiger partial charge in [-0.1, -0.05) is 0 Å². The molecule has 0 saturated carbocycles. The molecule has 8 heteroatoms. The van der Waals surface area contributed by atoms with Crippen LogP contribution in [-0.2, 0) is 19.4 Å². The van der Waals surface area contributed by atoms with Crippen molar-refractivity contribution < 1.29 is 27.9 Å². The Kier molecular flexibility index (Phi) is 5.25. The van der Waals surface area contributed by atoms with E-state index in [0.717, 1.165) is 0 Å². The summed E-state index contributed by atoms with van der Waals surface area (Å²) in [5.41, 5.74) is 0.224. The molecule has 0 aromatic heterocycles. The summed E-state index contributed by atoms with van der Waals surface area (Å²) in [5.74, 6) is -1.03. The van der Waals surface area contributed by atoms with Crippen LogP contribution in [0.2, 0.25) is 0 Å². The Morgan fingerprint density at radius 3 is 2.48 bits per heavy atom. The maximum absolute atomic E-state index is 12.2. The highest BCUT2D eigenvalue weighted by Gasteiger charge is 2.34. The third-order valence-corrected chi connectivity index (χ3v) is 5.49. The van der Waals surface area contributed by atoms with Gasteiger partial charge in [-0.25, -0.2) is 13.2 Å². The fourth-order valence-corrected chi connectivity index (χ4v) is 4.28. The summed E-state index contributed by atoms with van der Waals surface area (Å²) in [6.07, 6.45) is 0.411. The molecule has 0 radical (unpaired) electrons. The summed E-state index contributed by atoms with van der Waals surface area (Å²) in [7, 11) is -3.09. The summed E-state index contributed by atoms with van der Waals surface area (Å²) in [5, 5.41) is 9.16. The molecule has 1 aromatic rings. The van der Waals surface area contributed by atoms with Crippen LogP contribution in [0.4, 0.5) is 0 Å². The molecule has 1 heterocycles. The average molecular weight is 341 g/mol. The van der Waals surface area contributed by atoms with Crippen LogP contribution < -0.4 is 0 Å². The lowest BCUT2D eigenvalue weighted by Crippen LogP contribution is -2.43. The number of esters is 1. The van der Waals surface area contributed by atoms with Crippen molar-refractivity contribution in [3.63, 3.8) is 0 Å². The first-order valence-corrected chi connectivity index (χ1v) is 9.10. The Balaban J connectivity index is 1.92. The lowest BCUT2D eigenvalue weighted by molar-refractivity contribution is -0.136. The standard InChI is InChI=1S/C15H19NO6S/c1-2-16(12-7-8-23(20,21)10-12)14(18)9-22-15(19)11-3-5-13(17)6-4-11/h3-6,12,17H,2,7-10H2,1H3/t12-/m1/s1. The van der Waals surface area contributed by atoms with Crippen LogP contribution in [0.3, 0.4) is 0 Å². The van der Waals surface area contributed by atoms with Crippen LogP contribution in [0.1, 0.15) is 23.7 Å². The van der Waals surface area contributed by atoms with Gasteiger partial charge in [0, 0.05) is 12.6 Å². The van der Waals surface area contributed by atoms with Crippen molar-refractivity contribution in [1.29, 1.82) is 0 Å². The van der Waals surface area contributed by atoms with E-state index >= 15 is 0 Å². The van der Waals surface area contributed by atoms with E-state index in [1.807, 2.05) is 0 Å². The Labute approximate surface area is 134 Å². The van der Waals surface area contributed by atoms with E-state index in [1.54, 1.807) is 6.92 Å². The molecular formula is C15H19NO6S. The van der Waals surface area contributed by atoms with Crippen LogP contribution in [-0.4, -0.2) is 61.0 Å². The van der Waals surface area contributed by atoms with E-state index in [2.05, 4.69) is 0 Å². The van der Waals surface area contributed by atoms with Crippen LogP contribution in [0.25, 0.3) is 0 Å². The topological polar surface area (TPSA) is 101 Å². The van der Waals surface area contributed by atoms with Crippen molar-refractivity contribution in [2.75, 3.05) is 24.7 Å². The Morgan fingerprint density at radius 2 is 1.96 bits per heavy atom. The highest BCUT2D eigenvalue weighted by molar-refractivity contribution is 7.91. The van der Waals surface area contributed by atoms with E-state index < -0.39 is 28.3 Å². The fraction of sp³-hybridized carbons (Fsp3) is 0.467. The number of rotatable bonds is 5. The fourth-order valence-electron chi connectivity index (χ4n) is 2.55. The molecule has 23 heavy (non-hydrogen) atoms. The molecule has 0 unspecified atom stereocenters. The molecule has 0 bridgehead atoms. The van der Waals surface area contributed by atoms with Gasteiger partial charge in [-0.3, -0.25) is 4.79 Å². The van der Waals surface area contributed by atoms with Crippen molar-refractivity contribution in [2.24, 2.45) is 0 Å². The van der Waals surface area contributed by atoms with Gasteiger partial charge < -0.3 is 14.7 Å². The highest BCUT2D eigenvalue weighted by Crippen LogP contribution is 2.18. The number of benzene rings is 1. The first-order valence-electron chi connectivity index (χ1n) is 7.28. The SMILES string of the molecule is CCN(C(=O)COC(=O)c1ccc(O)cc1)[C@@H]1CCS(=O)(=O)C1. The first kappa shape index (κ1) is 17.3. The number of hydrogen-bond acceptors (Lipinski definition) is 6. The number of aromatic hydroxyl groups is 1. The predicted octanol–water partition coefficient (Wildman–Crippen LogP) is 0.585. The van der Waals surface area contributed by atoms with Gasteiger partial charge in [0.25, 0.3) is 5.91 Å². The quantitative estimate of drug-likeness (QED) is 0.787. The molecule has 1 aliphatic heterocycles. The summed E-state index contributed by atoms with van der Waals surface area (Å²) >= 11 is 0. The van der Waals surface area contributed by atoms with E-state index in [-0.39, 0.29) is 28.9 Å². The average Bonchev–Trinajstić information content (AvgIpc) is 2.86. The number of phenolic OH excluding ortho intramolecular Hbond substituents is 1. The van der Waals surface area contributed by atoms with Crippen molar-refractivity contribution in [2.45, 2.75) is 19.4 Å².